The smallest absolute Gasteiger partial charge is 0.0248 e. The molecule has 2 rings (SSSR count). The SMILES string of the molecule is O=S([O-])c1ccc(C2CCCCC2)cc1. The van der Waals surface area contributed by atoms with Crippen LogP contribution in [0.3, 0.4) is 0 Å². The molecule has 1 saturated carbocycles. The summed E-state index contributed by atoms with van der Waals surface area (Å²) in [6.07, 6.45) is 6.46. The molecule has 1 aliphatic carbocycles. The quantitative estimate of drug-likeness (QED) is 0.723. The van der Waals surface area contributed by atoms with Gasteiger partial charge in [0.25, 0.3) is 0 Å². The number of hydrogen-bond donors (Lipinski definition) is 0. The van der Waals surface area contributed by atoms with E-state index < -0.39 is 11.1 Å². The van der Waals surface area contributed by atoms with Gasteiger partial charge in [0, 0.05) is 4.90 Å². The first-order valence-electron chi connectivity index (χ1n) is 5.46. The molecule has 1 aliphatic rings. The van der Waals surface area contributed by atoms with Gasteiger partial charge < -0.3 is 4.55 Å². The molecule has 0 N–H and O–H groups in total. The van der Waals surface area contributed by atoms with Gasteiger partial charge in [-0.2, -0.15) is 0 Å². The monoisotopic (exact) mass is 223 g/mol. The Hall–Kier alpha value is -0.670. The summed E-state index contributed by atoms with van der Waals surface area (Å²) in [5, 5.41) is 0. The number of benzene rings is 1. The molecule has 0 amide bonds. The Bertz CT molecular complexity index is 339. The van der Waals surface area contributed by atoms with Crippen LogP contribution in [-0.2, 0) is 11.1 Å². The first-order valence-corrected chi connectivity index (χ1v) is 6.54. The normalized spacial score (nSPS) is 20.1. The lowest BCUT2D eigenvalue weighted by Crippen LogP contribution is -2.04. The van der Waals surface area contributed by atoms with E-state index in [1.165, 1.54) is 37.7 Å². The Labute approximate surface area is 93.0 Å². The van der Waals surface area contributed by atoms with E-state index in [-0.39, 0.29) is 0 Å². The Balaban J connectivity index is 2.11. The summed E-state index contributed by atoms with van der Waals surface area (Å²) < 4.78 is 21.4. The van der Waals surface area contributed by atoms with E-state index in [0.717, 1.165) is 0 Å². The first-order chi connectivity index (χ1) is 7.27. The van der Waals surface area contributed by atoms with Gasteiger partial charge in [0.15, 0.2) is 0 Å². The molecule has 1 atom stereocenters. The van der Waals surface area contributed by atoms with Gasteiger partial charge in [0.2, 0.25) is 0 Å². The maximum absolute atomic E-state index is 10.7. The van der Waals surface area contributed by atoms with Gasteiger partial charge in [0.05, 0.1) is 0 Å². The lowest BCUT2D eigenvalue weighted by molar-refractivity contribution is 0.443. The summed E-state index contributed by atoms with van der Waals surface area (Å²) >= 11 is -2.09. The van der Waals surface area contributed by atoms with Crippen molar-refractivity contribution in [2.45, 2.75) is 42.9 Å². The van der Waals surface area contributed by atoms with Crippen molar-refractivity contribution in [1.82, 2.24) is 0 Å². The van der Waals surface area contributed by atoms with E-state index >= 15 is 0 Å². The number of rotatable bonds is 2. The first kappa shape index (κ1) is 10.8. The van der Waals surface area contributed by atoms with Crippen LogP contribution in [0.4, 0.5) is 0 Å². The summed E-state index contributed by atoms with van der Waals surface area (Å²) in [4.78, 5) is 0.384. The fourth-order valence-corrected chi connectivity index (χ4v) is 2.65. The molecule has 0 heterocycles. The molecule has 0 saturated heterocycles. The summed E-state index contributed by atoms with van der Waals surface area (Å²) in [6.45, 7) is 0. The van der Waals surface area contributed by atoms with Gasteiger partial charge in [-0.1, -0.05) is 31.4 Å². The summed E-state index contributed by atoms with van der Waals surface area (Å²) in [7, 11) is 0. The fraction of sp³-hybridized carbons (Fsp3) is 0.500. The van der Waals surface area contributed by atoms with Crippen molar-refractivity contribution in [3.63, 3.8) is 0 Å². The standard InChI is InChI=1S/C12H16O2S/c13-15(14)12-8-6-11(7-9-12)10-4-2-1-3-5-10/h6-10H,1-5H2,(H,13,14)/p-1. The molecular formula is C12H15O2S-. The van der Waals surface area contributed by atoms with Crippen molar-refractivity contribution in [2.75, 3.05) is 0 Å². The van der Waals surface area contributed by atoms with Crippen LogP contribution in [0.5, 0.6) is 0 Å². The Kier molecular flexibility index (Phi) is 3.54. The van der Waals surface area contributed by atoms with Crippen LogP contribution < -0.4 is 0 Å². The summed E-state index contributed by atoms with van der Waals surface area (Å²) in [5.41, 5.74) is 1.30. The minimum atomic E-state index is -2.09. The van der Waals surface area contributed by atoms with Gasteiger partial charge >= 0.3 is 0 Å². The van der Waals surface area contributed by atoms with Crippen molar-refractivity contribution >= 4 is 11.1 Å². The van der Waals surface area contributed by atoms with Crippen LogP contribution in [0.15, 0.2) is 29.2 Å². The van der Waals surface area contributed by atoms with Crippen molar-refractivity contribution in [2.24, 2.45) is 0 Å². The average molecular weight is 223 g/mol. The second-order valence-electron chi connectivity index (χ2n) is 4.14. The van der Waals surface area contributed by atoms with E-state index in [1.54, 1.807) is 12.1 Å². The zero-order valence-electron chi connectivity index (χ0n) is 8.65. The molecule has 0 radical (unpaired) electrons. The third-order valence-corrected chi connectivity index (χ3v) is 3.81. The highest BCUT2D eigenvalue weighted by Crippen LogP contribution is 2.32. The molecule has 15 heavy (non-hydrogen) atoms. The second kappa shape index (κ2) is 4.90. The van der Waals surface area contributed by atoms with E-state index in [9.17, 15) is 8.76 Å². The molecule has 82 valence electrons. The van der Waals surface area contributed by atoms with Crippen LogP contribution in [0.2, 0.25) is 0 Å². The van der Waals surface area contributed by atoms with Crippen LogP contribution >= 0.6 is 0 Å². The highest BCUT2D eigenvalue weighted by atomic mass is 32.2. The largest absolute Gasteiger partial charge is 0.768 e. The van der Waals surface area contributed by atoms with Crippen molar-refractivity contribution in [1.29, 1.82) is 0 Å². The minimum Gasteiger partial charge on any atom is -0.768 e. The highest BCUT2D eigenvalue weighted by Gasteiger charge is 2.14. The lowest BCUT2D eigenvalue weighted by atomic mass is 9.84. The van der Waals surface area contributed by atoms with Gasteiger partial charge in [-0.25, -0.2) is 0 Å². The molecule has 2 nitrogen and oxygen atoms in total. The van der Waals surface area contributed by atoms with Gasteiger partial charge in [-0.05, 0) is 47.5 Å². The van der Waals surface area contributed by atoms with E-state index in [2.05, 4.69) is 0 Å². The van der Waals surface area contributed by atoms with E-state index in [1.807, 2.05) is 12.1 Å². The zero-order valence-corrected chi connectivity index (χ0v) is 9.46. The van der Waals surface area contributed by atoms with Crippen LogP contribution in [0.25, 0.3) is 0 Å². The van der Waals surface area contributed by atoms with Crippen molar-refractivity contribution < 1.29 is 8.76 Å². The molecule has 0 aliphatic heterocycles. The molecule has 1 unspecified atom stereocenters. The van der Waals surface area contributed by atoms with Gasteiger partial charge in [-0.3, -0.25) is 4.21 Å². The third-order valence-electron chi connectivity index (χ3n) is 3.15. The molecular weight excluding hydrogens is 208 g/mol. The van der Waals surface area contributed by atoms with Crippen molar-refractivity contribution in [3.05, 3.63) is 29.8 Å². The molecule has 0 aromatic heterocycles. The molecule has 0 spiro atoms. The second-order valence-corrected chi connectivity index (χ2v) is 5.08. The maximum Gasteiger partial charge on any atom is 0.0248 e. The molecule has 0 bridgehead atoms. The Morgan fingerprint density at radius 1 is 1.07 bits per heavy atom. The van der Waals surface area contributed by atoms with Crippen LogP contribution in [-0.4, -0.2) is 8.76 Å². The third kappa shape index (κ3) is 2.67. The van der Waals surface area contributed by atoms with E-state index in [4.69, 9.17) is 0 Å². The summed E-state index contributed by atoms with van der Waals surface area (Å²) in [6, 6.07) is 7.32. The summed E-state index contributed by atoms with van der Waals surface area (Å²) in [5.74, 6) is 0.646. The Morgan fingerprint density at radius 3 is 2.20 bits per heavy atom. The van der Waals surface area contributed by atoms with Gasteiger partial charge in [0.1, 0.15) is 0 Å². The minimum absolute atomic E-state index is 0.384. The topological polar surface area (TPSA) is 40.1 Å². The zero-order chi connectivity index (χ0) is 10.7. The molecule has 1 aromatic rings. The molecule has 1 aromatic carbocycles. The molecule has 1 fully saturated rings. The van der Waals surface area contributed by atoms with Crippen LogP contribution in [0, 0.1) is 0 Å². The van der Waals surface area contributed by atoms with Crippen molar-refractivity contribution in [3.8, 4) is 0 Å². The van der Waals surface area contributed by atoms with E-state index in [0.29, 0.717) is 10.8 Å². The fourth-order valence-electron chi connectivity index (χ4n) is 2.29. The predicted octanol–water partition coefficient (Wildman–Crippen LogP) is 2.97. The average Bonchev–Trinajstić information content (AvgIpc) is 2.30. The van der Waals surface area contributed by atoms with Crippen LogP contribution in [0.1, 0.15) is 43.6 Å². The predicted molar refractivity (Wildman–Crippen MR) is 59.5 cm³/mol. The lowest BCUT2D eigenvalue weighted by Gasteiger charge is -2.22. The van der Waals surface area contributed by atoms with Gasteiger partial charge in [-0.15, -0.1) is 0 Å². The maximum atomic E-state index is 10.7. The number of hydrogen-bond acceptors (Lipinski definition) is 2. The Morgan fingerprint density at radius 2 is 1.67 bits per heavy atom. The highest BCUT2D eigenvalue weighted by molar-refractivity contribution is 7.79. The molecule has 3 heteroatoms.